The minimum atomic E-state index is 0.0675. The van der Waals surface area contributed by atoms with E-state index in [1.165, 1.54) is 16.0 Å². The molecule has 140 valence electrons. The Hall–Kier alpha value is -1.95. The van der Waals surface area contributed by atoms with Gasteiger partial charge in [0.05, 0.1) is 16.8 Å². The van der Waals surface area contributed by atoms with Crippen LogP contribution in [0.4, 0.5) is 0 Å². The first-order valence-electron chi connectivity index (χ1n) is 9.41. The third kappa shape index (κ3) is 4.32. The van der Waals surface area contributed by atoms with Crippen LogP contribution in [0, 0.1) is 0 Å². The number of piperidine rings is 1. The van der Waals surface area contributed by atoms with Crippen LogP contribution in [-0.4, -0.2) is 24.0 Å². The number of likely N-dealkylation sites (tertiary alicyclic amines) is 1. The van der Waals surface area contributed by atoms with Crippen molar-refractivity contribution in [3.05, 3.63) is 64.1 Å². The van der Waals surface area contributed by atoms with Crippen molar-refractivity contribution in [2.45, 2.75) is 31.8 Å². The number of quaternary nitrogens is 1. The fourth-order valence-corrected chi connectivity index (χ4v) is 5.10. The van der Waals surface area contributed by atoms with Gasteiger partial charge in [-0.3, -0.25) is 4.79 Å². The average molecular weight is 401 g/mol. The van der Waals surface area contributed by atoms with Crippen molar-refractivity contribution in [2.24, 2.45) is 0 Å². The number of carbonyl (C=O) groups excluding carboxylic acids is 1. The molecule has 4 rings (SSSR count). The molecule has 2 aromatic carbocycles. The summed E-state index contributed by atoms with van der Waals surface area (Å²) in [7, 11) is 0. The maximum Gasteiger partial charge on any atom is 0.275 e. The summed E-state index contributed by atoms with van der Waals surface area (Å²) in [6, 6.07) is 16.2. The van der Waals surface area contributed by atoms with Gasteiger partial charge in [-0.15, -0.1) is 11.3 Å². The molecule has 1 aromatic heterocycles. The zero-order valence-corrected chi connectivity index (χ0v) is 16.7. The van der Waals surface area contributed by atoms with E-state index in [1.54, 1.807) is 11.3 Å². The lowest BCUT2D eigenvalue weighted by Crippen LogP contribution is -3.14. The molecule has 1 unspecified atom stereocenters. The quantitative estimate of drug-likeness (QED) is 0.689. The molecule has 1 aliphatic rings. The van der Waals surface area contributed by atoms with Crippen LogP contribution in [0.25, 0.3) is 10.2 Å². The predicted molar refractivity (Wildman–Crippen MR) is 110 cm³/mol. The van der Waals surface area contributed by atoms with Gasteiger partial charge >= 0.3 is 0 Å². The van der Waals surface area contributed by atoms with Crippen LogP contribution in [0.3, 0.4) is 0 Å². The largest absolute Gasteiger partial charge is 0.347 e. The van der Waals surface area contributed by atoms with Crippen LogP contribution in [0.15, 0.2) is 48.5 Å². The standard InChI is InChI=1S/C21H22ClN3OS/c22-16-8-2-1-7-15(16)13-23-20(26)14-25-12-6-5-10-18(25)21-24-17-9-3-4-11-19(17)27-21/h1-4,7-9,11,18H,5-6,10,12-14H2,(H,23,26)/p+1/t18-/m1/s1. The molecule has 4 nitrogen and oxygen atoms in total. The summed E-state index contributed by atoms with van der Waals surface area (Å²) in [5.74, 6) is 0.0675. The van der Waals surface area contributed by atoms with Crippen molar-refractivity contribution in [3.8, 4) is 0 Å². The van der Waals surface area contributed by atoms with Gasteiger partial charge in [-0.1, -0.05) is 41.9 Å². The van der Waals surface area contributed by atoms with Crippen molar-refractivity contribution in [3.63, 3.8) is 0 Å². The Bertz CT molecular complexity index is 909. The highest BCUT2D eigenvalue weighted by atomic mass is 35.5. The van der Waals surface area contributed by atoms with E-state index in [0.717, 1.165) is 35.5 Å². The zero-order valence-electron chi connectivity index (χ0n) is 15.1. The molecule has 0 bridgehead atoms. The number of hydrogen-bond acceptors (Lipinski definition) is 3. The fraction of sp³-hybridized carbons (Fsp3) is 0.333. The Morgan fingerprint density at radius 1 is 1.19 bits per heavy atom. The Kier molecular flexibility index (Phi) is 5.72. The Morgan fingerprint density at radius 2 is 2.00 bits per heavy atom. The normalized spacial score (nSPS) is 19.9. The van der Waals surface area contributed by atoms with Crippen molar-refractivity contribution in [1.82, 2.24) is 10.3 Å². The molecule has 2 N–H and O–H groups in total. The lowest BCUT2D eigenvalue weighted by Gasteiger charge is -2.30. The maximum absolute atomic E-state index is 12.6. The maximum atomic E-state index is 12.6. The van der Waals surface area contributed by atoms with Crippen molar-refractivity contribution < 1.29 is 9.69 Å². The average Bonchev–Trinajstić information content (AvgIpc) is 3.12. The zero-order chi connectivity index (χ0) is 18.6. The van der Waals surface area contributed by atoms with Crippen LogP contribution in [0.2, 0.25) is 5.02 Å². The first-order chi connectivity index (χ1) is 13.2. The van der Waals surface area contributed by atoms with Crippen molar-refractivity contribution in [1.29, 1.82) is 0 Å². The van der Waals surface area contributed by atoms with Crippen molar-refractivity contribution >= 4 is 39.1 Å². The summed E-state index contributed by atoms with van der Waals surface area (Å²) in [4.78, 5) is 18.7. The van der Waals surface area contributed by atoms with Crippen LogP contribution in [-0.2, 0) is 11.3 Å². The molecule has 2 heterocycles. The molecule has 6 heteroatoms. The minimum Gasteiger partial charge on any atom is -0.347 e. The van der Waals surface area contributed by atoms with Gasteiger partial charge < -0.3 is 10.2 Å². The number of nitrogens with zero attached hydrogens (tertiary/aromatic N) is 1. The molecule has 1 amide bonds. The first-order valence-corrected chi connectivity index (χ1v) is 10.6. The van der Waals surface area contributed by atoms with Gasteiger partial charge in [0.1, 0.15) is 6.04 Å². The predicted octanol–water partition coefficient (Wildman–Crippen LogP) is 3.38. The number of halogens is 1. The number of hydrogen-bond donors (Lipinski definition) is 2. The van der Waals surface area contributed by atoms with Gasteiger partial charge in [0.25, 0.3) is 5.91 Å². The molecule has 1 saturated heterocycles. The Labute approximate surface area is 168 Å². The van der Waals surface area contributed by atoms with E-state index < -0.39 is 0 Å². The number of para-hydroxylation sites is 1. The molecule has 0 spiro atoms. The van der Waals surface area contributed by atoms with Gasteiger partial charge in [-0.25, -0.2) is 4.98 Å². The highest BCUT2D eigenvalue weighted by Crippen LogP contribution is 2.28. The number of benzene rings is 2. The molecular formula is C21H23ClN3OS+. The number of nitrogens with one attached hydrogen (secondary N) is 2. The second-order valence-corrected chi connectivity index (χ2v) is 8.49. The number of rotatable bonds is 5. The number of carbonyl (C=O) groups is 1. The van der Waals surface area contributed by atoms with Crippen LogP contribution in [0.1, 0.15) is 35.9 Å². The van der Waals surface area contributed by atoms with E-state index in [1.807, 2.05) is 30.3 Å². The lowest BCUT2D eigenvalue weighted by atomic mass is 10.0. The van der Waals surface area contributed by atoms with E-state index in [4.69, 9.17) is 16.6 Å². The van der Waals surface area contributed by atoms with Crippen LogP contribution in [0.5, 0.6) is 0 Å². The second-order valence-electron chi connectivity index (χ2n) is 7.02. The molecule has 1 aliphatic heterocycles. The molecule has 0 radical (unpaired) electrons. The minimum absolute atomic E-state index is 0.0675. The summed E-state index contributed by atoms with van der Waals surface area (Å²) in [6.07, 6.45) is 3.45. The van der Waals surface area contributed by atoms with E-state index in [-0.39, 0.29) is 5.91 Å². The van der Waals surface area contributed by atoms with Crippen LogP contribution < -0.4 is 10.2 Å². The number of fused-ring (bicyclic) bond motifs is 1. The highest BCUT2D eigenvalue weighted by Gasteiger charge is 2.31. The number of thiazole rings is 1. The first kappa shape index (κ1) is 18.4. The lowest BCUT2D eigenvalue weighted by molar-refractivity contribution is -0.929. The SMILES string of the molecule is O=C(C[NH+]1CCCC[C@@H]1c1nc2ccccc2s1)NCc1ccccc1Cl. The van der Waals surface area contributed by atoms with E-state index >= 15 is 0 Å². The molecule has 0 saturated carbocycles. The third-order valence-corrected chi connectivity index (χ3v) is 6.68. The second kappa shape index (κ2) is 8.38. The molecule has 1 fully saturated rings. The molecule has 2 atom stereocenters. The summed E-state index contributed by atoms with van der Waals surface area (Å²) in [5.41, 5.74) is 2.01. The molecule has 27 heavy (non-hydrogen) atoms. The van der Waals surface area contributed by atoms with Gasteiger partial charge in [-0.05, 0) is 36.6 Å². The van der Waals surface area contributed by atoms with Crippen molar-refractivity contribution in [2.75, 3.05) is 13.1 Å². The van der Waals surface area contributed by atoms with E-state index in [2.05, 4.69) is 23.5 Å². The highest BCUT2D eigenvalue weighted by molar-refractivity contribution is 7.18. The fourth-order valence-electron chi connectivity index (χ4n) is 3.73. The van der Waals surface area contributed by atoms with E-state index in [0.29, 0.717) is 24.2 Å². The Morgan fingerprint density at radius 3 is 2.85 bits per heavy atom. The summed E-state index contributed by atoms with van der Waals surface area (Å²) >= 11 is 7.94. The van der Waals surface area contributed by atoms with Gasteiger partial charge in [0.15, 0.2) is 11.6 Å². The monoisotopic (exact) mass is 400 g/mol. The topological polar surface area (TPSA) is 46.4 Å². The van der Waals surface area contributed by atoms with Gasteiger partial charge in [0, 0.05) is 18.0 Å². The Balaban J connectivity index is 1.43. The smallest absolute Gasteiger partial charge is 0.275 e. The summed E-state index contributed by atoms with van der Waals surface area (Å²) in [5, 5.41) is 4.87. The number of amides is 1. The molecule has 3 aromatic rings. The van der Waals surface area contributed by atoms with Gasteiger partial charge in [0.2, 0.25) is 0 Å². The molecule has 0 aliphatic carbocycles. The summed E-state index contributed by atoms with van der Waals surface area (Å²) < 4.78 is 1.22. The van der Waals surface area contributed by atoms with Gasteiger partial charge in [-0.2, -0.15) is 0 Å². The van der Waals surface area contributed by atoms with E-state index in [9.17, 15) is 4.79 Å². The third-order valence-electron chi connectivity index (χ3n) is 5.16. The summed E-state index contributed by atoms with van der Waals surface area (Å²) in [6.45, 7) is 1.96. The number of aromatic nitrogens is 1. The molecular weight excluding hydrogens is 378 g/mol. The van der Waals surface area contributed by atoms with Crippen LogP contribution >= 0.6 is 22.9 Å².